The van der Waals surface area contributed by atoms with Gasteiger partial charge in [0, 0.05) is 18.7 Å². The second-order valence-electron chi connectivity index (χ2n) is 7.45. The second-order valence-corrected chi connectivity index (χ2v) is 9.10. The molecule has 11 heteroatoms. The molecule has 0 aliphatic carbocycles. The number of benzene rings is 2. The molecule has 2 heterocycles. The smallest absolute Gasteiger partial charge is 0.408 e. The molecule has 0 radical (unpaired) electrons. The second kappa shape index (κ2) is 8.41. The van der Waals surface area contributed by atoms with E-state index in [9.17, 15) is 22.0 Å². The summed E-state index contributed by atoms with van der Waals surface area (Å²) in [4.78, 5) is 15.3. The van der Waals surface area contributed by atoms with Crippen molar-refractivity contribution in [1.82, 2.24) is 9.55 Å². The summed E-state index contributed by atoms with van der Waals surface area (Å²) >= 11 is 0. The van der Waals surface area contributed by atoms with Gasteiger partial charge < -0.3 is 10.2 Å². The van der Waals surface area contributed by atoms with E-state index in [0.29, 0.717) is 6.54 Å². The standard InChI is InChI=1S/C22H20F2N4O4S/c1-12-14(11-25)5-3-6-15(12)13(2)28-17-9-16(23)19(10-18(17)32-22(28)29)33(30,31)27-21-8-4-7-20(24)26-21/h3-10,13H,11,25H2,1-2H3,(H,26,27). The van der Waals surface area contributed by atoms with Crippen LogP contribution in [-0.2, 0) is 16.6 Å². The predicted molar refractivity (Wildman–Crippen MR) is 118 cm³/mol. The fraction of sp³-hybridized carbons (Fsp3) is 0.182. The van der Waals surface area contributed by atoms with Gasteiger partial charge in [0.25, 0.3) is 10.0 Å². The highest BCUT2D eigenvalue weighted by atomic mass is 32.2. The van der Waals surface area contributed by atoms with Gasteiger partial charge in [0.1, 0.15) is 16.5 Å². The molecule has 0 fully saturated rings. The lowest BCUT2D eigenvalue weighted by atomic mass is 9.97. The number of pyridine rings is 1. The van der Waals surface area contributed by atoms with Crippen LogP contribution in [0.3, 0.4) is 0 Å². The van der Waals surface area contributed by atoms with Crippen LogP contribution in [0.25, 0.3) is 11.1 Å². The van der Waals surface area contributed by atoms with Gasteiger partial charge in [0.15, 0.2) is 5.58 Å². The van der Waals surface area contributed by atoms with E-state index in [-0.39, 0.29) is 16.9 Å². The average molecular weight is 474 g/mol. The maximum Gasteiger partial charge on any atom is 0.420 e. The van der Waals surface area contributed by atoms with E-state index in [2.05, 4.69) is 4.98 Å². The number of hydrogen-bond acceptors (Lipinski definition) is 6. The number of aromatic nitrogens is 2. The zero-order valence-electron chi connectivity index (χ0n) is 17.7. The number of nitrogens with two attached hydrogens (primary N) is 1. The monoisotopic (exact) mass is 474 g/mol. The Balaban J connectivity index is 1.80. The lowest BCUT2D eigenvalue weighted by Gasteiger charge is -2.18. The van der Waals surface area contributed by atoms with Gasteiger partial charge >= 0.3 is 5.76 Å². The van der Waals surface area contributed by atoms with Crippen molar-refractivity contribution >= 4 is 26.9 Å². The fourth-order valence-electron chi connectivity index (χ4n) is 3.78. The largest absolute Gasteiger partial charge is 0.420 e. The van der Waals surface area contributed by atoms with Crippen molar-refractivity contribution in [3.8, 4) is 0 Å². The minimum Gasteiger partial charge on any atom is -0.408 e. The van der Waals surface area contributed by atoms with E-state index in [1.165, 1.54) is 16.7 Å². The van der Waals surface area contributed by atoms with E-state index < -0.39 is 38.5 Å². The van der Waals surface area contributed by atoms with Crippen molar-refractivity contribution < 1.29 is 21.6 Å². The van der Waals surface area contributed by atoms with Gasteiger partial charge in [-0.15, -0.1) is 0 Å². The van der Waals surface area contributed by atoms with Crippen LogP contribution in [-0.4, -0.2) is 18.0 Å². The Morgan fingerprint density at radius 2 is 1.91 bits per heavy atom. The molecule has 172 valence electrons. The third kappa shape index (κ3) is 4.12. The number of sulfonamides is 1. The summed E-state index contributed by atoms with van der Waals surface area (Å²) in [6.07, 6.45) is 0. The van der Waals surface area contributed by atoms with Crippen LogP contribution in [0, 0.1) is 18.7 Å². The van der Waals surface area contributed by atoms with Crippen LogP contribution in [0.1, 0.15) is 29.7 Å². The lowest BCUT2D eigenvalue weighted by molar-refractivity contribution is 0.488. The van der Waals surface area contributed by atoms with E-state index in [1.807, 2.05) is 29.8 Å². The molecule has 2 aromatic carbocycles. The molecule has 1 unspecified atom stereocenters. The number of oxazole rings is 1. The molecule has 0 amide bonds. The molecule has 0 bridgehead atoms. The first-order valence-electron chi connectivity index (χ1n) is 9.91. The molecule has 0 aliphatic rings. The summed E-state index contributed by atoms with van der Waals surface area (Å²) < 4.78 is 62.1. The summed E-state index contributed by atoms with van der Waals surface area (Å²) in [5, 5.41) is 0. The molecule has 4 aromatic rings. The van der Waals surface area contributed by atoms with Crippen LogP contribution in [0.15, 0.2) is 62.6 Å². The molecule has 4 rings (SSSR count). The van der Waals surface area contributed by atoms with Gasteiger partial charge in [-0.25, -0.2) is 22.6 Å². The molecular weight excluding hydrogens is 454 g/mol. The topological polar surface area (TPSA) is 120 Å². The molecule has 2 aromatic heterocycles. The van der Waals surface area contributed by atoms with Crippen molar-refractivity contribution in [3.63, 3.8) is 0 Å². The first kappa shape index (κ1) is 22.6. The minimum absolute atomic E-state index is 0.0883. The predicted octanol–water partition coefficient (Wildman–Crippen LogP) is 3.44. The zero-order chi connectivity index (χ0) is 23.9. The Kier molecular flexibility index (Phi) is 5.76. The summed E-state index contributed by atoms with van der Waals surface area (Å²) in [6, 6.07) is 10.3. The molecule has 3 N–H and O–H groups in total. The molecule has 8 nitrogen and oxygen atoms in total. The highest BCUT2D eigenvalue weighted by molar-refractivity contribution is 7.92. The highest BCUT2D eigenvalue weighted by Gasteiger charge is 2.25. The first-order valence-corrected chi connectivity index (χ1v) is 11.4. The first-order chi connectivity index (χ1) is 15.6. The summed E-state index contributed by atoms with van der Waals surface area (Å²) in [7, 11) is -4.48. The number of halogens is 2. The third-order valence-electron chi connectivity index (χ3n) is 5.46. The summed E-state index contributed by atoms with van der Waals surface area (Å²) in [6.45, 7) is 3.94. The van der Waals surface area contributed by atoms with E-state index in [1.54, 1.807) is 6.92 Å². The van der Waals surface area contributed by atoms with Crippen molar-refractivity contribution in [2.45, 2.75) is 31.3 Å². The third-order valence-corrected chi connectivity index (χ3v) is 6.83. The number of nitrogens with one attached hydrogen (secondary N) is 1. The Morgan fingerprint density at radius 1 is 1.18 bits per heavy atom. The summed E-state index contributed by atoms with van der Waals surface area (Å²) in [5.41, 5.74) is 8.33. The van der Waals surface area contributed by atoms with E-state index in [4.69, 9.17) is 10.2 Å². The molecule has 0 aliphatic heterocycles. The molecule has 1 atom stereocenters. The average Bonchev–Trinajstić information content (AvgIpc) is 3.07. The quantitative estimate of drug-likeness (QED) is 0.413. The SMILES string of the molecule is Cc1c(CN)cccc1C(C)n1c(=O)oc2cc(S(=O)(=O)Nc3cccc(F)n3)c(F)cc21. The Morgan fingerprint density at radius 3 is 2.61 bits per heavy atom. The fourth-order valence-corrected chi connectivity index (χ4v) is 4.86. The minimum atomic E-state index is -4.48. The van der Waals surface area contributed by atoms with Crippen molar-refractivity contribution in [3.05, 3.63) is 87.5 Å². The zero-order valence-corrected chi connectivity index (χ0v) is 18.5. The van der Waals surface area contributed by atoms with Gasteiger partial charge in [-0.05, 0) is 42.7 Å². The van der Waals surface area contributed by atoms with Gasteiger partial charge in [-0.1, -0.05) is 24.3 Å². The van der Waals surface area contributed by atoms with Gasteiger partial charge in [-0.3, -0.25) is 9.29 Å². The number of rotatable bonds is 6. The molecule has 0 spiro atoms. The Labute approximate surface area is 187 Å². The van der Waals surface area contributed by atoms with Crippen LogP contribution >= 0.6 is 0 Å². The van der Waals surface area contributed by atoms with Crippen molar-refractivity contribution in [1.29, 1.82) is 0 Å². The Bertz CT molecular complexity index is 1530. The maximum atomic E-state index is 15.0. The van der Waals surface area contributed by atoms with Gasteiger partial charge in [-0.2, -0.15) is 4.39 Å². The van der Waals surface area contributed by atoms with Crippen molar-refractivity contribution in [2.24, 2.45) is 5.73 Å². The van der Waals surface area contributed by atoms with Crippen LogP contribution in [0.5, 0.6) is 0 Å². The van der Waals surface area contributed by atoms with Crippen LogP contribution < -0.4 is 16.2 Å². The van der Waals surface area contributed by atoms with Crippen LogP contribution in [0.2, 0.25) is 0 Å². The number of hydrogen-bond donors (Lipinski definition) is 2. The van der Waals surface area contributed by atoms with Crippen LogP contribution in [0.4, 0.5) is 14.6 Å². The molecular formula is C22H20F2N4O4S. The van der Waals surface area contributed by atoms with Gasteiger partial charge in [0.2, 0.25) is 5.95 Å². The highest BCUT2D eigenvalue weighted by Crippen LogP contribution is 2.29. The number of nitrogens with zero attached hydrogens (tertiary/aromatic N) is 2. The Hall–Kier alpha value is -3.57. The number of fused-ring (bicyclic) bond motifs is 1. The summed E-state index contributed by atoms with van der Waals surface area (Å²) in [5.74, 6) is -3.11. The van der Waals surface area contributed by atoms with Crippen molar-refractivity contribution in [2.75, 3.05) is 4.72 Å². The molecule has 0 saturated carbocycles. The van der Waals surface area contributed by atoms with E-state index >= 15 is 0 Å². The normalized spacial score (nSPS) is 12.8. The number of anilines is 1. The maximum absolute atomic E-state index is 15.0. The molecule has 0 saturated heterocycles. The lowest BCUT2D eigenvalue weighted by Crippen LogP contribution is -2.20. The van der Waals surface area contributed by atoms with Gasteiger partial charge in [0.05, 0.1) is 11.6 Å². The molecule has 33 heavy (non-hydrogen) atoms. The van der Waals surface area contributed by atoms with E-state index in [0.717, 1.165) is 34.9 Å².